The van der Waals surface area contributed by atoms with Crippen LogP contribution < -0.4 is 21.3 Å². The van der Waals surface area contributed by atoms with Crippen LogP contribution in [-0.4, -0.2) is 32.5 Å². The molecule has 1 unspecified atom stereocenters. The lowest BCUT2D eigenvalue weighted by atomic mass is 10.1. The van der Waals surface area contributed by atoms with Gasteiger partial charge in [-0.2, -0.15) is 4.98 Å². The van der Waals surface area contributed by atoms with Gasteiger partial charge in [0.25, 0.3) is 5.92 Å². The Morgan fingerprint density at radius 1 is 1.05 bits per heavy atom. The maximum Gasteiger partial charge on any atom is 0.323 e. The van der Waals surface area contributed by atoms with E-state index in [-0.39, 0.29) is 11.4 Å². The van der Waals surface area contributed by atoms with E-state index in [1.165, 1.54) is 0 Å². The third kappa shape index (κ3) is 6.79. The van der Waals surface area contributed by atoms with E-state index in [9.17, 15) is 22.2 Å². The molecule has 9 nitrogen and oxygen atoms in total. The number of hydrogen-bond donors (Lipinski definition) is 5. The van der Waals surface area contributed by atoms with Crippen LogP contribution in [0.15, 0.2) is 77.8 Å². The molecule has 0 spiro atoms. The van der Waals surface area contributed by atoms with Gasteiger partial charge in [0.15, 0.2) is 0 Å². The molecule has 0 aliphatic carbocycles. The van der Waals surface area contributed by atoms with Gasteiger partial charge >= 0.3 is 6.03 Å². The SMILES string of the molecule is CC(F)(F)c1ccc(F)c(NC(=O)Nc2ccc(-c3cnc4nc3NCCCCS(=N)(=O)c3cccc(c3)N4)cc2)c1. The molecular formula is C29H28F3N7O2S. The first-order chi connectivity index (χ1) is 20.0. The number of amides is 2. The number of fused-ring (bicyclic) bond motifs is 4. The molecule has 218 valence electrons. The third-order valence-corrected chi connectivity index (χ3v) is 8.46. The van der Waals surface area contributed by atoms with Gasteiger partial charge in [0.1, 0.15) is 11.6 Å². The molecule has 1 atom stereocenters. The van der Waals surface area contributed by atoms with Crippen LogP contribution >= 0.6 is 0 Å². The van der Waals surface area contributed by atoms with Crippen molar-refractivity contribution < 1.29 is 22.2 Å². The van der Waals surface area contributed by atoms with E-state index in [2.05, 4.69) is 31.2 Å². The number of anilines is 5. The summed E-state index contributed by atoms with van der Waals surface area (Å²) in [5.41, 5.74) is 1.67. The summed E-state index contributed by atoms with van der Waals surface area (Å²) < 4.78 is 62.6. The average Bonchev–Trinajstić information content (AvgIpc) is 2.94. The molecule has 1 aromatic heterocycles. The summed E-state index contributed by atoms with van der Waals surface area (Å²) in [7, 11) is -2.92. The Kier molecular flexibility index (Phi) is 8.03. The fourth-order valence-corrected chi connectivity index (χ4v) is 5.83. The number of carbonyl (C=O) groups excluding carboxylic acids is 1. The van der Waals surface area contributed by atoms with Crippen LogP contribution in [-0.2, 0) is 15.7 Å². The predicted molar refractivity (Wildman–Crippen MR) is 158 cm³/mol. The Hall–Kier alpha value is -4.65. The van der Waals surface area contributed by atoms with E-state index in [0.717, 1.165) is 23.8 Å². The minimum absolute atomic E-state index is 0.249. The quantitative estimate of drug-likeness (QED) is 0.167. The van der Waals surface area contributed by atoms with E-state index in [1.807, 2.05) is 0 Å². The zero-order chi connectivity index (χ0) is 29.9. The van der Waals surface area contributed by atoms with Crippen LogP contribution in [0.4, 0.5) is 46.8 Å². The molecule has 0 radical (unpaired) electrons. The van der Waals surface area contributed by atoms with Gasteiger partial charge in [0, 0.05) is 52.8 Å². The summed E-state index contributed by atoms with van der Waals surface area (Å²) in [5.74, 6) is -2.89. The fourth-order valence-electron chi connectivity index (χ4n) is 4.36. The van der Waals surface area contributed by atoms with Crippen molar-refractivity contribution in [3.8, 4) is 11.1 Å². The minimum Gasteiger partial charge on any atom is -0.369 e. The van der Waals surface area contributed by atoms with Crippen LogP contribution in [0, 0.1) is 10.6 Å². The molecule has 2 amide bonds. The smallest absolute Gasteiger partial charge is 0.323 e. The zero-order valence-corrected chi connectivity index (χ0v) is 23.3. The molecule has 0 saturated heterocycles. The van der Waals surface area contributed by atoms with Crippen molar-refractivity contribution in [1.82, 2.24) is 9.97 Å². The molecule has 1 aliphatic heterocycles. The molecule has 4 bridgehead atoms. The summed E-state index contributed by atoms with van der Waals surface area (Å²) in [4.78, 5) is 22.0. The van der Waals surface area contributed by atoms with Crippen molar-refractivity contribution in [2.75, 3.05) is 33.6 Å². The molecule has 42 heavy (non-hydrogen) atoms. The van der Waals surface area contributed by atoms with E-state index >= 15 is 0 Å². The maximum atomic E-state index is 14.1. The maximum absolute atomic E-state index is 14.1. The highest BCUT2D eigenvalue weighted by Crippen LogP contribution is 2.31. The van der Waals surface area contributed by atoms with Crippen molar-refractivity contribution >= 4 is 44.6 Å². The van der Waals surface area contributed by atoms with Crippen LogP contribution in [0.1, 0.15) is 25.3 Å². The number of nitrogens with one attached hydrogen (secondary N) is 5. The molecule has 5 rings (SSSR count). The van der Waals surface area contributed by atoms with Crippen LogP contribution in [0.5, 0.6) is 0 Å². The van der Waals surface area contributed by atoms with Crippen molar-refractivity contribution in [2.24, 2.45) is 0 Å². The molecule has 0 saturated carbocycles. The number of nitrogens with zero attached hydrogens (tertiary/aromatic N) is 2. The zero-order valence-electron chi connectivity index (χ0n) is 22.5. The monoisotopic (exact) mass is 595 g/mol. The predicted octanol–water partition coefficient (Wildman–Crippen LogP) is 7.39. The second kappa shape index (κ2) is 11.7. The number of urea groups is 1. The summed E-state index contributed by atoms with van der Waals surface area (Å²) in [6.45, 7) is 1.23. The standard InChI is InChI=1S/C29H28F3N7O2S/c1-29(31,32)19-9-12-24(30)25(15-19)38-28(40)37-20-10-7-18(8-11-20)23-17-35-27-36-21-5-4-6-22(16-21)42(33,41)14-3-2-13-34-26(23)39-27/h4-12,15-17,33H,2-3,13-14H2,1H3,(H2,37,38,40)(H2,34,35,36,39). The number of halogens is 3. The highest BCUT2D eigenvalue weighted by atomic mass is 32.2. The van der Waals surface area contributed by atoms with E-state index in [1.54, 1.807) is 54.7 Å². The van der Waals surface area contributed by atoms with Crippen molar-refractivity contribution in [1.29, 1.82) is 4.78 Å². The first-order valence-electron chi connectivity index (χ1n) is 13.1. The highest BCUT2D eigenvalue weighted by molar-refractivity contribution is 7.92. The van der Waals surface area contributed by atoms with Gasteiger partial charge in [-0.25, -0.2) is 31.9 Å². The number of aromatic nitrogens is 2. The van der Waals surface area contributed by atoms with Crippen molar-refractivity contribution in [3.63, 3.8) is 0 Å². The lowest BCUT2D eigenvalue weighted by Gasteiger charge is -2.15. The lowest BCUT2D eigenvalue weighted by molar-refractivity contribution is 0.0174. The molecule has 0 fully saturated rings. The molecule has 4 aromatic rings. The van der Waals surface area contributed by atoms with Gasteiger partial charge in [-0.3, -0.25) is 0 Å². The van der Waals surface area contributed by atoms with Gasteiger partial charge in [-0.15, -0.1) is 0 Å². The third-order valence-electron chi connectivity index (χ3n) is 6.59. The van der Waals surface area contributed by atoms with Crippen LogP contribution in [0.2, 0.25) is 0 Å². The Balaban J connectivity index is 1.33. The molecule has 1 aliphatic rings. The van der Waals surface area contributed by atoms with Gasteiger partial charge in [-0.1, -0.05) is 24.3 Å². The molecule has 2 heterocycles. The second-order valence-corrected chi connectivity index (χ2v) is 12.1. The molecule has 3 aromatic carbocycles. The number of carbonyl (C=O) groups is 1. The lowest BCUT2D eigenvalue weighted by Crippen LogP contribution is -2.20. The number of benzene rings is 3. The van der Waals surface area contributed by atoms with Crippen LogP contribution in [0.25, 0.3) is 11.1 Å². The summed E-state index contributed by atoms with van der Waals surface area (Å²) in [6, 6.07) is 15.6. The Morgan fingerprint density at radius 3 is 2.60 bits per heavy atom. The molecule has 13 heteroatoms. The normalized spacial score (nSPS) is 17.0. The van der Waals surface area contributed by atoms with Crippen molar-refractivity contribution in [3.05, 3.63) is 84.3 Å². The first kappa shape index (κ1) is 28.9. The Bertz CT molecular complexity index is 1730. The number of alkyl halides is 2. The molecular weight excluding hydrogens is 567 g/mol. The molecule has 5 N–H and O–H groups in total. The summed E-state index contributed by atoms with van der Waals surface area (Å²) in [5, 5.41) is 11.3. The van der Waals surface area contributed by atoms with Gasteiger partial charge in [-0.05, 0) is 60.9 Å². The van der Waals surface area contributed by atoms with E-state index in [4.69, 9.17) is 4.78 Å². The Morgan fingerprint density at radius 2 is 1.83 bits per heavy atom. The summed E-state index contributed by atoms with van der Waals surface area (Å²) >= 11 is 0. The van der Waals surface area contributed by atoms with Crippen LogP contribution in [0.3, 0.4) is 0 Å². The van der Waals surface area contributed by atoms with E-state index in [0.29, 0.717) is 59.9 Å². The first-order valence-corrected chi connectivity index (χ1v) is 14.8. The van der Waals surface area contributed by atoms with Crippen molar-refractivity contribution in [2.45, 2.75) is 30.6 Å². The summed E-state index contributed by atoms with van der Waals surface area (Å²) in [6.07, 6.45) is 2.93. The largest absolute Gasteiger partial charge is 0.369 e. The van der Waals surface area contributed by atoms with Gasteiger partial charge < -0.3 is 21.3 Å². The second-order valence-electron chi connectivity index (χ2n) is 9.86. The average molecular weight is 596 g/mol. The number of hydrogen-bond acceptors (Lipinski definition) is 7. The number of rotatable bonds is 4. The highest BCUT2D eigenvalue weighted by Gasteiger charge is 2.25. The van der Waals surface area contributed by atoms with Gasteiger partial charge in [0.2, 0.25) is 5.95 Å². The Labute approximate surface area is 241 Å². The van der Waals surface area contributed by atoms with E-state index < -0.39 is 33.1 Å². The van der Waals surface area contributed by atoms with Gasteiger partial charge in [0.05, 0.1) is 15.4 Å². The fraction of sp³-hybridized carbons (Fsp3) is 0.207. The minimum atomic E-state index is -3.19. The topological polar surface area (TPSA) is 132 Å².